The number of hydrogen-bond acceptors (Lipinski definition) is 2. The smallest absolute Gasteiger partial charge is 0.335 e. The molecular weight excluding hydrogens is 472 g/mol. The minimum absolute atomic E-state index is 0.0838. The summed E-state index contributed by atoms with van der Waals surface area (Å²) in [7, 11) is 0. The lowest BCUT2D eigenvalue weighted by Gasteiger charge is -2.09. The zero-order valence-electron chi connectivity index (χ0n) is 10.4. The van der Waals surface area contributed by atoms with Gasteiger partial charge in [0, 0.05) is 18.8 Å². The first-order valence-electron chi connectivity index (χ1n) is 5.67. The van der Waals surface area contributed by atoms with Gasteiger partial charge in [-0.2, -0.15) is 0 Å². The lowest BCUT2D eigenvalue weighted by Crippen LogP contribution is -2.14. The third-order valence-electron chi connectivity index (χ3n) is 2.58. The quantitative estimate of drug-likeness (QED) is 0.629. The van der Waals surface area contributed by atoms with Crippen molar-refractivity contribution in [2.75, 3.05) is 5.32 Å². The summed E-state index contributed by atoms with van der Waals surface area (Å²) in [6.45, 7) is 0. The zero-order valence-corrected chi connectivity index (χ0v) is 14.9. The van der Waals surface area contributed by atoms with Crippen LogP contribution in [0.5, 0.6) is 0 Å². The second-order valence-electron chi connectivity index (χ2n) is 4.11. The van der Waals surface area contributed by atoms with Gasteiger partial charge in [0.15, 0.2) is 0 Å². The van der Waals surface area contributed by atoms with Crippen LogP contribution in [0.4, 0.5) is 5.69 Å². The van der Waals surface area contributed by atoms with Crippen molar-refractivity contribution in [1.29, 1.82) is 0 Å². The van der Waals surface area contributed by atoms with E-state index in [9.17, 15) is 9.59 Å². The van der Waals surface area contributed by atoms with Crippen molar-refractivity contribution < 1.29 is 14.7 Å². The number of carbonyl (C=O) groups excluding carboxylic acids is 1. The summed E-state index contributed by atoms with van der Waals surface area (Å²) in [6.07, 6.45) is 0. The highest BCUT2D eigenvalue weighted by Gasteiger charge is 2.13. The number of amides is 1. The normalized spacial score (nSPS) is 10.2. The van der Waals surface area contributed by atoms with Crippen molar-refractivity contribution in [2.24, 2.45) is 0 Å². The van der Waals surface area contributed by atoms with E-state index >= 15 is 0 Å². The fourth-order valence-corrected chi connectivity index (χ4v) is 2.90. The van der Waals surface area contributed by atoms with Crippen LogP contribution in [0, 0.1) is 3.57 Å². The predicted molar refractivity (Wildman–Crippen MR) is 93.2 cm³/mol. The maximum absolute atomic E-state index is 12.2. The average Bonchev–Trinajstić information content (AvgIpc) is 2.40. The van der Waals surface area contributed by atoms with Gasteiger partial charge in [-0.1, -0.05) is 27.5 Å². The van der Waals surface area contributed by atoms with Crippen LogP contribution in [0.2, 0.25) is 5.02 Å². The van der Waals surface area contributed by atoms with Crippen LogP contribution in [-0.2, 0) is 0 Å². The van der Waals surface area contributed by atoms with Crippen molar-refractivity contribution in [2.45, 2.75) is 0 Å². The lowest BCUT2D eigenvalue weighted by atomic mass is 10.1. The van der Waals surface area contributed by atoms with Crippen LogP contribution < -0.4 is 5.32 Å². The maximum atomic E-state index is 12.2. The first-order chi connectivity index (χ1) is 9.86. The molecule has 0 saturated heterocycles. The Morgan fingerprint density at radius 2 is 1.90 bits per heavy atom. The van der Waals surface area contributed by atoms with Crippen LogP contribution >= 0.6 is 50.1 Å². The van der Waals surface area contributed by atoms with Crippen LogP contribution in [0.3, 0.4) is 0 Å². The summed E-state index contributed by atoms with van der Waals surface area (Å²) in [5.41, 5.74) is 0.906. The lowest BCUT2D eigenvalue weighted by molar-refractivity contribution is 0.0696. The third kappa shape index (κ3) is 4.18. The molecule has 2 aromatic carbocycles. The largest absolute Gasteiger partial charge is 0.478 e. The predicted octanol–water partition coefficient (Wildman–Crippen LogP) is 4.66. The van der Waals surface area contributed by atoms with E-state index < -0.39 is 5.97 Å². The molecule has 4 nitrogen and oxygen atoms in total. The van der Waals surface area contributed by atoms with Gasteiger partial charge in [0.25, 0.3) is 5.91 Å². The number of rotatable bonds is 3. The molecule has 0 aliphatic heterocycles. The monoisotopic (exact) mass is 479 g/mol. The van der Waals surface area contributed by atoms with E-state index in [0.717, 1.165) is 3.57 Å². The number of nitrogens with one attached hydrogen (secondary N) is 1. The number of carboxylic acids is 1. The number of hydrogen-bond donors (Lipinski definition) is 2. The molecule has 0 heterocycles. The van der Waals surface area contributed by atoms with Gasteiger partial charge in [-0.25, -0.2) is 4.79 Å². The molecule has 7 heteroatoms. The van der Waals surface area contributed by atoms with Crippen LogP contribution in [0.15, 0.2) is 40.9 Å². The van der Waals surface area contributed by atoms with E-state index in [0.29, 0.717) is 20.7 Å². The molecule has 108 valence electrons. The van der Waals surface area contributed by atoms with Gasteiger partial charge in [0.1, 0.15) is 0 Å². The fourth-order valence-electron chi connectivity index (χ4n) is 1.66. The van der Waals surface area contributed by atoms with E-state index in [1.54, 1.807) is 24.3 Å². The minimum atomic E-state index is -1.07. The van der Waals surface area contributed by atoms with E-state index in [4.69, 9.17) is 16.7 Å². The molecule has 0 atom stereocenters. The fraction of sp³-hybridized carbons (Fsp3) is 0. The molecule has 0 spiro atoms. The van der Waals surface area contributed by atoms with Crippen molar-refractivity contribution >= 4 is 67.7 Å². The Kier molecular flexibility index (Phi) is 5.23. The van der Waals surface area contributed by atoms with Crippen LogP contribution in [0.25, 0.3) is 0 Å². The Morgan fingerprint density at radius 3 is 2.57 bits per heavy atom. The number of carbonyl (C=O) groups is 2. The Hall–Kier alpha value is -1.12. The SMILES string of the molecule is O=C(O)c1cc(Br)cc(NC(=O)c2cc(Cl)ccc2I)c1. The van der Waals surface area contributed by atoms with Gasteiger partial charge < -0.3 is 10.4 Å². The van der Waals surface area contributed by atoms with E-state index in [1.807, 2.05) is 22.6 Å². The molecule has 0 bridgehead atoms. The Bertz CT molecular complexity index is 736. The van der Waals surface area contributed by atoms with Crippen LogP contribution in [0.1, 0.15) is 20.7 Å². The molecule has 0 unspecified atom stereocenters. The molecular formula is C14H8BrClINO3. The van der Waals surface area contributed by atoms with E-state index in [2.05, 4.69) is 21.2 Å². The number of benzene rings is 2. The first-order valence-corrected chi connectivity index (χ1v) is 7.92. The highest BCUT2D eigenvalue weighted by atomic mass is 127. The molecule has 0 aliphatic carbocycles. The van der Waals surface area contributed by atoms with E-state index in [1.165, 1.54) is 12.1 Å². The summed E-state index contributed by atoms with van der Waals surface area (Å²) in [4.78, 5) is 23.3. The van der Waals surface area contributed by atoms with Crippen molar-refractivity contribution in [3.05, 3.63) is 60.6 Å². The topological polar surface area (TPSA) is 66.4 Å². The number of halogens is 3. The zero-order chi connectivity index (χ0) is 15.6. The van der Waals surface area contributed by atoms with Gasteiger partial charge in [-0.05, 0) is 59.0 Å². The molecule has 0 fully saturated rings. The summed E-state index contributed by atoms with van der Waals surface area (Å²) in [6, 6.07) is 9.48. The summed E-state index contributed by atoms with van der Waals surface area (Å²) >= 11 is 11.1. The molecule has 2 N–H and O–H groups in total. The Labute approximate surface area is 147 Å². The highest BCUT2D eigenvalue weighted by Crippen LogP contribution is 2.22. The number of aromatic carboxylic acids is 1. The summed E-state index contributed by atoms with van der Waals surface area (Å²) in [5.74, 6) is -1.42. The number of anilines is 1. The first kappa shape index (κ1) is 16.3. The van der Waals surface area contributed by atoms with Crippen LogP contribution in [-0.4, -0.2) is 17.0 Å². The van der Waals surface area contributed by atoms with E-state index in [-0.39, 0.29) is 11.5 Å². The van der Waals surface area contributed by atoms with Crippen molar-refractivity contribution in [3.63, 3.8) is 0 Å². The third-order valence-corrected chi connectivity index (χ3v) is 4.21. The van der Waals surface area contributed by atoms with Crippen molar-refractivity contribution in [3.8, 4) is 0 Å². The molecule has 0 aromatic heterocycles. The summed E-state index contributed by atoms with van der Waals surface area (Å²) in [5, 5.41) is 12.1. The molecule has 1 amide bonds. The second kappa shape index (κ2) is 6.76. The van der Waals surface area contributed by atoms with Gasteiger partial charge in [-0.15, -0.1) is 0 Å². The molecule has 0 saturated carbocycles. The Morgan fingerprint density at radius 1 is 1.19 bits per heavy atom. The highest BCUT2D eigenvalue weighted by molar-refractivity contribution is 14.1. The van der Waals surface area contributed by atoms with Gasteiger partial charge >= 0.3 is 5.97 Å². The van der Waals surface area contributed by atoms with Gasteiger partial charge in [0.2, 0.25) is 0 Å². The molecule has 0 radical (unpaired) electrons. The molecule has 0 aliphatic rings. The average molecular weight is 480 g/mol. The maximum Gasteiger partial charge on any atom is 0.335 e. The number of carboxylic acid groups (broad SMARTS) is 1. The van der Waals surface area contributed by atoms with Crippen molar-refractivity contribution in [1.82, 2.24) is 0 Å². The van der Waals surface area contributed by atoms with Gasteiger partial charge in [0.05, 0.1) is 11.1 Å². The second-order valence-corrected chi connectivity index (χ2v) is 6.63. The molecule has 21 heavy (non-hydrogen) atoms. The summed E-state index contributed by atoms with van der Waals surface area (Å²) < 4.78 is 1.32. The Balaban J connectivity index is 2.31. The molecule has 2 rings (SSSR count). The standard InChI is InChI=1S/C14H8BrClINO3/c15-8-3-7(14(20)21)4-10(5-8)18-13(19)11-6-9(16)1-2-12(11)17/h1-6H,(H,18,19)(H,20,21). The van der Waals surface area contributed by atoms with Gasteiger partial charge in [-0.3, -0.25) is 4.79 Å². The minimum Gasteiger partial charge on any atom is -0.478 e. The molecule has 2 aromatic rings.